The molecule has 5 heteroatoms. The minimum Gasteiger partial charge on any atom is -0.450 e. The first-order valence-corrected chi connectivity index (χ1v) is 8.10. The largest absolute Gasteiger partial charge is 0.450 e. The number of para-hydroxylation sites is 1. The predicted molar refractivity (Wildman–Crippen MR) is 87.6 cm³/mol. The average Bonchev–Trinajstić information content (AvgIpc) is 2.92. The molecule has 2 N–H and O–H groups in total. The van der Waals surface area contributed by atoms with E-state index in [4.69, 9.17) is 9.15 Å². The van der Waals surface area contributed by atoms with E-state index in [1.807, 2.05) is 32.0 Å². The van der Waals surface area contributed by atoms with Gasteiger partial charge in [0.05, 0.1) is 6.10 Å². The summed E-state index contributed by atoms with van der Waals surface area (Å²) in [6.45, 7) is 5.44. The van der Waals surface area contributed by atoms with E-state index in [1.165, 1.54) is 0 Å². The van der Waals surface area contributed by atoms with Crippen LogP contribution >= 0.6 is 0 Å². The zero-order valence-electron chi connectivity index (χ0n) is 13.6. The second kappa shape index (κ2) is 6.72. The third-order valence-electron chi connectivity index (χ3n) is 4.65. The van der Waals surface area contributed by atoms with E-state index >= 15 is 0 Å². The molecule has 5 nitrogen and oxygen atoms in total. The summed E-state index contributed by atoms with van der Waals surface area (Å²) in [5, 5.41) is 14.0. The Labute approximate surface area is 135 Å². The SMILES string of the molecule is Cc1c(C(=O)NCC(O)C2CCOCC2)oc2c(C)cccc12. The minimum absolute atomic E-state index is 0.183. The second-order valence-corrected chi connectivity index (χ2v) is 6.23. The lowest BCUT2D eigenvalue weighted by Gasteiger charge is -2.26. The van der Waals surface area contributed by atoms with Crippen molar-refractivity contribution in [2.24, 2.45) is 5.92 Å². The van der Waals surface area contributed by atoms with Crippen LogP contribution in [0.5, 0.6) is 0 Å². The molecule has 0 radical (unpaired) electrons. The Morgan fingerprint density at radius 3 is 2.78 bits per heavy atom. The van der Waals surface area contributed by atoms with Gasteiger partial charge in [-0.15, -0.1) is 0 Å². The Balaban J connectivity index is 1.68. The molecule has 1 fully saturated rings. The van der Waals surface area contributed by atoms with Crippen LogP contribution in [0.2, 0.25) is 0 Å². The van der Waals surface area contributed by atoms with E-state index < -0.39 is 6.10 Å². The van der Waals surface area contributed by atoms with Crippen molar-refractivity contribution < 1.29 is 19.1 Å². The lowest BCUT2D eigenvalue weighted by Crippen LogP contribution is -2.38. The van der Waals surface area contributed by atoms with Crippen LogP contribution in [-0.2, 0) is 4.74 Å². The number of nitrogens with one attached hydrogen (secondary N) is 1. The number of fused-ring (bicyclic) bond motifs is 1. The fourth-order valence-corrected chi connectivity index (χ4v) is 3.15. The molecule has 1 unspecified atom stereocenters. The van der Waals surface area contributed by atoms with Crippen LogP contribution in [0.15, 0.2) is 22.6 Å². The molecule has 0 saturated carbocycles. The number of aryl methyl sites for hydroxylation is 2. The molecule has 2 heterocycles. The molecular formula is C18H23NO4. The molecule has 23 heavy (non-hydrogen) atoms. The Morgan fingerprint density at radius 2 is 2.09 bits per heavy atom. The highest BCUT2D eigenvalue weighted by atomic mass is 16.5. The topological polar surface area (TPSA) is 71.7 Å². The van der Waals surface area contributed by atoms with Crippen molar-refractivity contribution in [3.63, 3.8) is 0 Å². The van der Waals surface area contributed by atoms with Crippen molar-refractivity contribution in [1.82, 2.24) is 5.32 Å². The van der Waals surface area contributed by atoms with Gasteiger partial charge < -0.3 is 19.6 Å². The molecule has 1 atom stereocenters. The highest BCUT2D eigenvalue weighted by molar-refractivity contribution is 5.99. The molecule has 3 rings (SSSR count). The number of rotatable bonds is 4. The van der Waals surface area contributed by atoms with Crippen molar-refractivity contribution in [1.29, 1.82) is 0 Å². The van der Waals surface area contributed by atoms with Crippen LogP contribution in [0.3, 0.4) is 0 Å². The monoisotopic (exact) mass is 317 g/mol. The lowest BCUT2D eigenvalue weighted by atomic mass is 9.94. The highest BCUT2D eigenvalue weighted by Crippen LogP contribution is 2.27. The summed E-state index contributed by atoms with van der Waals surface area (Å²) in [4.78, 5) is 12.4. The van der Waals surface area contributed by atoms with Crippen molar-refractivity contribution in [2.75, 3.05) is 19.8 Å². The zero-order chi connectivity index (χ0) is 16.4. The Bertz CT molecular complexity index is 700. The number of furan rings is 1. The lowest BCUT2D eigenvalue weighted by molar-refractivity contribution is 0.00863. The molecule has 1 aromatic carbocycles. The van der Waals surface area contributed by atoms with E-state index in [0.717, 1.165) is 34.9 Å². The maximum Gasteiger partial charge on any atom is 0.287 e. The third kappa shape index (κ3) is 3.26. The van der Waals surface area contributed by atoms with E-state index in [-0.39, 0.29) is 18.4 Å². The standard InChI is InChI=1S/C18H23NO4/c1-11-4-3-5-14-12(2)17(23-16(11)14)18(21)19-10-15(20)13-6-8-22-9-7-13/h3-5,13,15,20H,6-10H2,1-2H3,(H,19,21). The van der Waals surface area contributed by atoms with Crippen molar-refractivity contribution in [2.45, 2.75) is 32.8 Å². The quantitative estimate of drug-likeness (QED) is 0.909. The van der Waals surface area contributed by atoms with E-state index in [9.17, 15) is 9.90 Å². The number of aliphatic hydroxyl groups is 1. The first kappa shape index (κ1) is 16.0. The van der Waals surface area contributed by atoms with E-state index in [0.29, 0.717) is 19.0 Å². The fourth-order valence-electron chi connectivity index (χ4n) is 3.15. The summed E-state index contributed by atoms with van der Waals surface area (Å²) in [6.07, 6.45) is 1.12. The van der Waals surface area contributed by atoms with Gasteiger partial charge in [-0.1, -0.05) is 18.2 Å². The fraction of sp³-hybridized carbons (Fsp3) is 0.500. The second-order valence-electron chi connectivity index (χ2n) is 6.23. The summed E-state index contributed by atoms with van der Waals surface area (Å²) in [5.41, 5.74) is 2.59. The molecule has 124 valence electrons. The van der Waals surface area contributed by atoms with Gasteiger partial charge in [-0.05, 0) is 38.2 Å². The molecule has 1 amide bonds. The predicted octanol–water partition coefficient (Wildman–Crippen LogP) is 2.57. The maximum absolute atomic E-state index is 12.4. The number of aliphatic hydroxyl groups excluding tert-OH is 1. The number of hydrogen-bond donors (Lipinski definition) is 2. The Morgan fingerprint density at radius 1 is 1.35 bits per heavy atom. The molecule has 0 spiro atoms. The van der Waals surface area contributed by atoms with Crippen LogP contribution in [0.1, 0.15) is 34.5 Å². The Hall–Kier alpha value is -1.85. The average molecular weight is 317 g/mol. The van der Waals surface area contributed by atoms with Gasteiger partial charge in [0.15, 0.2) is 5.76 Å². The maximum atomic E-state index is 12.4. The van der Waals surface area contributed by atoms with Crippen molar-refractivity contribution in [3.8, 4) is 0 Å². The highest BCUT2D eigenvalue weighted by Gasteiger charge is 2.24. The summed E-state index contributed by atoms with van der Waals surface area (Å²) in [7, 11) is 0. The number of carbonyl (C=O) groups excluding carboxylic acids is 1. The van der Waals surface area contributed by atoms with Crippen LogP contribution in [-0.4, -0.2) is 36.9 Å². The first-order chi connectivity index (χ1) is 11.1. The van der Waals surface area contributed by atoms with Crippen LogP contribution in [0.25, 0.3) is 11.0 Å². The smallest absolute Gasteiger partial charge is 0.287 e. The van der Waals surface area contributed by atoms with Crippen LogP contribution < -0.4 is 5.32 Å². The summed E-state index contributed by atoms with van der Waals surface area (Å²) < 4.78 is 11.0. The number of benzene rings is 1. The normalized spacial score (nSPS) is 17.3. The minimum atomic E-state index is -0.547. The van der Waals surface area contributed by atoms with Crippen LogP contribution in [0.4, 0.5) is 0 Å². The van der Waals surface area contributed by atoms with E-state index in [2.05, 4.69) is 5.32 Å². The van der Waals surface area contributed by atoms with Crippen molar-refractivity contribution >= 4 is 16.9 Å². The van der Waals surface area contributed by atoms with Gasteiger partial charge in [-0.2, -0.15) is 0 Å². The summed E-state index contributed by atoms with van der Waals surface area (Å²) >= 11 is 0. The van der Waals surface area contributed by atoms with E-state index in [1.54, 1.807) is 0 Å². The number of ether oxygens (including phenoxy) is 1. The van der Waals surface area contributed by atoms with Crippen LogP contribution in [0, 0.1) is 19.8 Å². The number of amides is 1. The molecule has 1 aliphatic rings. The van der Waals surface area contributed by atoms with Crippen molar-refractivity contribution in [3.05, 3.63) is 35.1 Å². The van der Waals surface area contributed by atoms with Gasteiger partial charge in [0.25, 0.3) is 5.91 Å². The molecule has 1 aliphatic heterocycles. The zero-order valence-corrected chi connectivity index (χ0v) is 13.6. The molecule has 0 bridgehead atoms. The number of carbonyl (C=O) groups is 1. The van der Waals surface area contributed by atoms with Gasteiger partial charge in [-0.25, -0.2) is 0 Å². The molecular weight excluding hydrogens is 294 g/mol. The first-order valence-electron chi connectivity index (χ1n) is 8.10. The molecule has 1 aromatic heterocycles. The van der Waals surface area contributed by atoms with Gasteiger partial charge in [0, 0.05) is 30.7 Å². The van der Waals surface area contributed by atoms with Gasteiger partial charge in [-0.3, -0.25) is 4.79 Å². The summed E-state index contributed by atoms with van der Waals surface area (Å²) in [5.74, 6) is 0.237. The molecule has 0 aliphatic carbocycles. The molecule has 2 aromatic rings. The third-order valence-corrected chi connectivity index (χ3v) is 4.65. The van der Waals surface area contributed by atoms with Gasteiger partial charge in [0.2, 0.25) is 0 Å². The molecule has 1 saturated heterocycles. The Kier molecular flexibility index (Phi) is 4.68. The van der Waals surface area contributed by atoms with Gasteiger partial charge >= 0.3 is 0 Å². The summed E-state index contributed by atoms with van der Waals surface area (Å²) in [6, 6.07) is 5.87. The number of hydrogen-bond acceptors (Lipinski definition) is 4. The van der Waals surface area contributed by atoms with Gasteiger partial charge in [0.1, 0.15) is 5.58 Å².